The molecule has 24 heavy (non-hydrogen) atoms. The van der Waals surface area contributed by atoms with Crippen LogP contribution in [0.15, 0.2) is 0 Å². The number of piperidine rings is 1. The number of hydrogen-bond donors (Lipinski definition) is 2. The Bertz CT molecular complexity index is 536. The van der Waals surface area contributed by atoms with Gasteiger partial charge >= 0.3 is 6.09 Å². The van der Waals surface area contributed by atoms with Crippen molar-refractivity contribution in [1.82, 2.24) is 14.9 Å². The number of sulfonamides is 1. The van der Waals surface area contributed by atoms with E-state index in [-0.39, 0.29) is 18.2 Å². The molecule has 7 nitrogen and oxygen atoms in total. The van der Waals surface area contributed by atoms with Gasteiger partial charge in [0, 0.05) is 31.2 Å². The van der Waals surface area contributed by atoms with Gasteiger partial charge in [0.05, 0.1) is 6.26 Å². The van der Waals surface area contributed by atoms with Crippen LogP contribution in [0, 0.1) is 0 Å². The van der Waals surface area contributed by atoms with Crippen molar-refractivity contribution in [3.63, 3.8) is 0 Å². The highest BCUT2D eigenvalue weighted by Crippen LogP contribution is 2.22. The Morgan fingerprint density at radius 3 is 2.21 bits per heavy atom. The lowest BCUT2D eigenvalue weighted by Crippen LogP contribution is -2.53. The molecule has 1 amide bonds. The van der Waals surface area contributed by atoms with Gasteiger partial charge in [-0.05, 0) is 52.9 Å². The first-order valence-corrected chi connectivity index (χ1v) is 10.6. The van der Waals surface area contributed by atoms with E-state index in [1.165, 1.54) is 10.6 Å². The van der Waals surface area contributed by atoms with Crippen molar-refractivity contribution in [3.05, 3.63) is 0 Å². The van der Waals surface area contributed by atoms with Crippen LogP contribution in [0.2, 0.25) is 0 Å². The Morgan fingerprint density at radius 1 is 1.08 bits per heavy atom. The third kappa shape index (κ3) is 5.89. The Labute approximate surface area is 145 Å². The van der Waals surface area contributed by atoms with E-state index in [9.17, 15) is 13.2 Å². The maximum atomic E-state index is 12.0. The van der Waals surface area contributed by atoms with Crippen LogP contribution in [-0.2, 0) is 14.8 Å². The van der Waals surface area contributed by atoms with E-state index in [4.69, 9.17) is 4.74 Å². The Balaban J connectivity index is 1.81. The zero-order valence-electron chi connectivity index (χ0n) is 15.2. The van der Waals surface area contributed by atoms with E-state index in [1.54, 1.807) is 0 Å². The molecule has 0 aromatic carbocycles. The van der Waals surface area contributed by atoms with Gasteiger partial charge in [0.2, 0.25) is 10.0 Å². The molecule has 2 rings (SSSR count). The van der Waals surface area contributed by atoms with Gasteiger partial charge in [-0.15, -0.1) is 0 Å². The molecule has 0 aromatic rings. The first-order chi connectivity index (χ1) is 11.0. The molecule has 1 aliphatic heterocycles. The third-order valence-electron chi connectivity index (χ3n) is 4.59. The number of carbonyl (C=O) groups excluding carboxylic acids is 1. The van der Waals surface area contributed by atoms with Crippen LogP contribution >= 0.6 is 0 Å². The normalized spacial score (nSPS) is 27.2. The number of hydrogen-bond acceptors (Lipinski definition) is 5. The fourth-order valence-corrected chi connectivity index (χ4v) is 4.32. The lowest BCUT2D eigenvalue weighted by atomic mass is 10.0. The topological polar surface area (TPSA) is 87.7 Å². The fraction of sp³-hybridized carbons (Fsp3) is 0.938. The predicted molar refractivity (Wildman–Crippen MR) is 93.4 cm³/mol. The summed E-state index contributed by atoms with van der Waals surface area (Å²) in [7, 11) is -3.09. The maximum Gasteiger partial charge on any atom is 0.407 e. The average molecular weight is 362 g/mol. The van der Waals surface area contributed by atoms with Crippen molar-refractivity contribution < 1.29 is 17.9 Å². The SMILES string of the molecule is CC(C)(C)OC(=O)NC1CCCC1NC1CCN(S(C)(=O)=O)CC1. The minimum Gasteiger partial charge on any atom is -0.444 e. The van der Waals surface area contributed by atoms with Gasteiger partial charge in [-0.25, -0.2) is 17.5 Å². The Hall–Kier alpha value is -0.860. The van der Waals surface area contributed by atoms with Crippen LogP contribution in [0.4, 0.5) is 4.79 Å². The van der Waals surface area contributed by atoms with Gasteiger partial charge in [0.25, 0.3) is 0 Å². The first-order valence-electron chi connectivity index (χ1n) is 8.75. The fourth-order valence-electron chi connectivity index (χ4n) is 3.45. The molecular weight excluding hydrogens is 330 g/mol. The summed E-state index contributed by atoms with van der Waals surface area (Å²) in [4.78, 5) is 12.0. The van der Waals surface area contributed by atoms with Crippen LogP contribution < -0.4 is 10.6 Å². The number of rotatable bonds is 4. The molecule has 0 bridgehead atoms. The smallest absolute Gasteiger partial charge is 0.407 e. The van der Waals surface area contributed by atoms with Gasteiger partial charge < -0.3 is 15.4 Å². The van der Waals surface area contributed by atoms with E-state index < -0.39 is 15.6 Å². The lowest BCUT2D eigenvalue weighted by Gasteiger charge is -2.34. The van der Waals surface area contributed by atoms with E-state index in [0.717, 1.165) is 32.1 Å². The van der Waals surface area contributed by atoms with E-state index in [2.05, 4.69) is 10.6 Å². The highest BCUT2D eigenvalue weighted by atomic mass is 32.2. The van der Waals surface area contributed by atoms with Gasteiger partial charge in [-0.1, -0.05) is 0 Å². The summed E-state index contributed by atoms with van der Waals surface area (Å²) in [6.07, 6.45) is 5.55. The summed E-state index contributed by atoms with van der Waals surface area (Å²) in [5, 5.41) is 6.59. The second kappa shape index (κ2) is 7.58. The van der Waals surface area contributed by atoms with Crippen LogP contribution in [0.1, 0.15) is 52.9 Å². The standard InChI is InChI=1S/C16H31N3O4S/c1-16(2,3)23-15(20)18-14-7-5-6-13(14)17-12-8-10-19(11-9-12)24(4,21)22/h12-14,17H,5-11H2,1-4H3,(H,18,20). The summed E-state index contributed by atoms with van der Waals surface area (Å²) in [6, 6.07) is 0.606. The van der Waals surface area contributed by atoms with Crippen LogP contribution in [-0.4, -0.2) is 61.9 Å². The van der Waals surface area contributed by atoms with Crippen molar-refractivity contribution >= 4 is 16.1 Å². The van der Waals surface area contributed by atoms with Crippen LogP contribution in [0.25, 0.3) is 0 Å². The molecule has 2 atom stereocenters. The summed E-state index contributed by atoms with van der Waals surface area (Å²) in [5.41, 5.74) is -0.496. The highest BCUT2D eigenvalue weighted by Gasteiger charge is 2.33. The predicted octanol–water partition coefficient (Wildman–Crippen LogP) is 1.45. The van der Waals surface area contributed by atoms with Gasteiger partial charge in [0.15, 0.2) is 0 Å². The molecule has 140 valence electrons. The molecule has 2 unspecified atom stereocenters. The van der Waals surface area contributed by atoms with E-state index in [0.29, 0.717) is 19.1 Å². The van der Waals surface area contributed by atoms with Gasteiger partial charge in [-0.3, -0.25) is 0 Å². The van der Waals surface area contributed by atoms with E-state index in [1.807, 2.05) is 20.8 Å². The zero-order valence-corrected chi connectivity index (χ0v) is 16.0. The number of nitrogens with one attached hydrogen (secondary N) is 2. The monoisotopic (exact) mass is 361 g/mol. The Kier molecular flexibility index (Phi) is 6.14. The van der Waals surface area contributed by atoms with Gasteiger partial charge in [0.1, 0.15) is 5.60 Å². The van der Waals surface area contributed by atoms with Crippen LogP contribution in [0.5, 0.6) is 0 Å². The first kappa shape index (κ1) is 19.5. The number of amides is 1. The summed E-state index contributed by atoms with van der Waals surface area (Å²) in [5.74, 6) is 0. The largest absolute Gasteiger partial charge is 0.444 e. The van der Waals surface area contributed by atoms with Crippen molar-refractivity contribution in [2.45, 2.75) is 76.6 Å². The average Bonchev–Trinajstić information content (AvgIpc) is 2.83. The highest BCUT2D eigenvalue weighted by molar-refractivity contribution is 7.88. The van der Waals surface area contributed by atoms with Crippen molar-refractivity contribution in [3.8, 4) is 0 Å². The van der Waals surface area contributed by atoms with Gasteiger partial charge in [-0.2, -0.15) is 0 Å². The lowest BCUT2D eigenvalue weighted by molar-refractivity contribution is 0.0495. The molecule has 0 radical (unpaired) electrons. The molecule has 1 aliphatic carbocycles. The molecule has 0 spiro atoms. The molecule has 1 heterocycles. The number of ether oxygens (including phenoxy) is 1. The second-order valence-corrected chi connectivity index (χ2v) is 9.88. The van der Waals surface area contributed by atoms with Crippen molar-refractivity contribution in [2.24, 2.45) is 0 Å². The molecule has 2 aliphatic rings. The minimum atomic E-state index is -3.09. The minimum absolute atomic E-state index is 0.0767. The quantitative estimate of drug-likeness (QED) is 0.791. The summed E-state index contributed by atoms with van der Waals surface area (Å²) < 4.78 is 30.0. The number of carbonyl (C=O) groups is 1. The molecule has 2 N–H and O–H groups in total. The van der Waals surface area contributed by atoms with Crippen molar-refractivity contribution in [2.75, 3.05) is 19.3 Å². The molecule has 1 saturated heterocycles. The Morgan fingerprint density at radius 2 is 1.67 bits per heavy atom. The zero-order chi connectivity index (χ0) is 18.0. The van der Waals surface area contributed by atoms with E-state index >= 15 is 0 Å². The summed E-state index contributed by atoms with van der Waals surface area (Å²) in [6.45, 7) is 6.69. The van der Waals surface area contributed by atoms with Crippen LogP contribution in [0.3, 0.4) is 0 Å². The number of alkyl carbamates (subject to hydrolysis) is 1. The third-order valence-corrected chi connectivity index (χ3v) is 5.89. The maximum absolute atomic E-state index is 12.0. The summed E-state index contributed by atoms with van der Waals surface area (Å²) >= 11 is 0. The molecule has 1 saturated carbocycles. The molecule has 2 fully saturated rings. The second-order valence-electron chi connectivity index (χ2n) is 7.89. The molecule has 0 aromatic heterocycles. The number of nitrogens with zero attached hydrogens (tertiary/aromatic N) is 1. The molecular formula is C16H31N3O4S. The van der Waals surface area contributed by atoms with Crippen molar-refractivity contribution in [1.29, 1.82) is 0 Å². The molecule has 8 heteroatoms.